The minimum Gasteiger partial charge on any atom is -0.489 e. The number of anilines is 2. The van der Waals surface area contributed by atoms with Gasteiger partial charge in [-0.2, -0.15) is 13.2 Å². The minimum absolute atomic E-state index is 0.0317. The van der Waals surface area contributed by atoms with Gasteiger partial charge in [0.25, 0.3) is 5.91 Å². The van der Waals surface area contributed by atoms with Crippen LogP contribution in [0.2, 0.25) is 5.02 Å². The zero-order valence-corrected chi connectivity index (χ0v) is 23.7. The zero-order chi connectivity index (χ0) is 29.8. The van der Waals surface area contributed by atoms with Crippen LogP contribution in [-0.4, -0.2) is 101 Å². The van der Waals surface area contributed by atoms with Gasteiger partial charge < -0.3 is 30.1 Å². The highest BCUT2D eigenvalue weighted by atomic mass is 35.5. The van der Waals surface area contributed by atoms with Crippen molar-refractivity contribution in [3.63, 3.8) is 0 Å². The molecule has 3 aliphatic heterocycles. The normalized spacial score (nSPS) is 21.6. The van der Waals surface area contributed by atoms with E-state index in [1.165, 1.54) is 13.0 Å². The van der Waals surface area contributed by atoms with Gasteiger partial charge in [0.15, 0.2) is 5.75 Å². The van der Waals surface area contributed by atoms with E-state index < -0.39 is 29.4 Å². The van der Waals surface area contributed by atoms with Gasteiger partial charge in [0.1, 0.15) is 40.2 Å². The second-order valence-electron chi connectivity index (χ2n) is 10.6. The molecule has 41 heavy (non-hydrogen) atoms. The summed E-state index contributed by atoms with van der Waals surface area (Å²) in [5.41, 5.74) is 4.01. The molecular formula is C27H31ClF3N7O3. The molecule has 2 atom stereocenters. The fraction of sp³-hybridized carbons (Fsp3) is 0.481. The first-order valence-electron chi connectivity index (χ1n) is 13.2. The Kier molecular flexibility index (Phi) is 7.53. The van der Waals surface area contributed by atoms with Crippen molar-refractivity contribution in [2.75, 3.05) is 63.6 Å². The van der Waals surface area contributed by atoms with E-state index in [4.69, 9.17) is 22.1 Å². The summed E-state index contributed by atoms with van der Waals surface area (Å²) in [5.74, 6) is -0.702. The third kappa shape index (κ3) is 5.16. The molecule has 0 saturated carbocycles. The van der Waals surface area contributed by atoms with Gasteiger partial charge in [-0.15, -0.1) is 0 Å². The number of aryl methyl sites for hydroxylation is 1. The topological polar surface area (TPSA) is 108 Å². The molecule has 5 rings (SSSR count). The number of ether oxygens (including phenoxy) is 1. The maximum atomic E-state index is 14.3. The molecule has 0 radical (unpaired) electrons. The van der Waals surface area contributed by atoms with Crippen LogP contribution in [0.4, 0.5) is 24.8 Å². The molecule has 3 aliphatic rings. The van der Waals surface area contributed by atoms with Crippen molar-refractivity contribution in [3.8, 4) is 17.1 Å². The maximum Gasteiger partial charge on any atom is 0.418 e. The summed E-state index contributed by atoms with van der Waals surface area (Å²) in [6.45, 7) is 9.22. The van der Waals surface area contributed by atoms with E-state index in [0.717, 1.165) is 6.07 Å². The molecule has 2 aromatic rings. The standard InChI is InChI=1S/C27H31ClF3N7O3/c1-5-18(39)36-7-9-38-16(12-36)13-41-24-19(26(38)40)25(37-8-6-35(4)11-15(37)3)34-23(21(24)28)22-20(27(29,30)31)14(2)10-17(32)33-22/h5,10,15-16H,1,6-9,11-13H2,2-4H3,(H2,32,33)/t15-,16?/m0/s1. The van der Waals surface area contributed by atoms with Crippen LogP contribution in [-0.2, 0) is 11.0 Å². The smallest absolute Gasteiger partial charge is 0.418 e. The highest BCUT2D eigenvalue weighted by Gasteiger charge is 2.43. The van der Waals surface area contributed by atoms with Gasteiger partial charge >= 0.3 is 6.18 Å². The molecule has 220 valence electrons. The average Bonchev–Trinajstić information content (AvgIpc) is 3.04. The largest absolute Gasteiger partial charge is 0.489 e. The Morgan fingerprint density at radius 2 is 1.88 bits per heavy atom. The number of pyridine rings is 2. The molecule has 10 nitrogen and oxygen atoms in total. The summed E-state index contributed by atoms with van der Waals surface area (Å²) in [5, 5.41) is -0.263. The Morgan fingerprint density at radius 1 is 1.17 bits per heavy atom. The van der Waals surface area contributed by atoms with Gasteiger partial charge in [-0.3, -0.25) is 9.59 Å². The third-order valence-corrected chi connectivity index (χ3v) is 8.14. The van der Waals surface area contributed by atoms with E-state index in [1.54, 1.807) is 9.80 Å². The molecular weight excluding hydrogens is 563 g/mol. The lowest BCUT2D eigenvalue weighted by atomic mass is 10.0. The molecule has 0 aliphatic carbocycles. The molecule has 1 unspecified atom stereocenters. The number of amides is 2. The van der Waals surface area contributed by atoms with Crippen LogP contribution in [0, 0.1) is 6.92 Å². The Morgan fingerprint density at radius 3 is 2.54 bits per heavy atom. The number of likely N-dealkylation sites (N-methyl/N-ethyl adjacent to an activating group) is 1. The summed E-state index contributed by atoms with van der Waals surface area (Å²) in [4.78, 5) is 42.3. The molecule has 5 heterocycles. The van der Waals surface area contributed by atoms with Crippen molar-refractivity contribution in [2.24, 2.45) is 0 Å². The summed E-state index contributed by atoms with van der Waals surface area (Å²) < 4.78 is 49.1. The number of aromatic nitrogens is 2. The predicted molar refractivity (Wildman–Crippen MR) is 148 cm³/mol. The minimum atomic E-state index is -4.78. The lowest BCUT2D eigenvalue weighted by Crippen LogP contribution is -2.57. The van der Waals surface area contributed by atoms with Gasteiger partial charge in [-0.25, -0.2) is 9.97 Å². The molecule has 0 spiro atoms. The molecule has 0 aromatic carbocycles. The van der Waals surface area contributed by atoms with Gasteiger partial charge in [-0.1, -0.05) is 18.2 Å². The summed E-state index contributed by atoms with van der Waals surface area (Å²) in [7, 11) is 1.97. The van der Waals surface area contributed by atoms with Gasteiger partial charge in [0, 0.05) is 45.3 Å². The lowest BCUT2D eigenvalue weighted by molar-refractivity contribution is -0.137. The van der Waals surface area contributed by atoms with Crippen LogP contribution in [0.25, 0.3) is 11.4 Å². The van der Waals surface area contributed by atoms with Gasteiger partial charge in [0.2, 0.25) is 5.91 Å². The monoisotopic (exact) mass is 593 g/mol. The first-order chi connectivity index (χ1) is 19.3. The van der Waals surface area contributed by atoms with Crippen molar-refractivity contribution < 1.29 is 27.5 Å². The summed E-state index contributed by atoms with van der Waals surface area (Å²) in [6.07, 6.45) is -3.57. The maximum absolute atomic E-state index is 14.3. The molecule has 2 fully saturated rings. The van der Waals surface area contributed by atoms with E-state index in [9.17, 15) is 22.8 Å². The van der Waals surface area contributed by atoms with E-state index in [-0.39, 0.29) is 70.9 Å². The number of hydrogen-bond donors (Lipinski definition) is 1. The first-order valence-corrected chi connectivity index (χ1v) is 13.6. The number of halogens is 4. The quantitative estimate of drug-likeness (QED) is 0.541. The third-order valence-electron chi connectivity index (χ3n) is 7.79. The van der Waals surface area contributed by atoms with Crippen molar-refractivity contribution >= 4 is 35.1 Å². The van der Waals surface area contributed by atoms with E-state index in [1.807, 2.05) is 18.9 Å². The van der Waals surface area contributed by atoms with E-state index >= 15 is 0 Å². The second-order valence-corrected chi connectivity index (χ2v) is 11.0. The number of rotatable bonds is 3. The first kappa shape index (κ1) is 28.9. The van der Waals surface area contributed by atoms with Crippen molar-refractivity contribution in [1.82, 2.24) is 24.7 Å². The number of nitrogens with two attached hydrogens (primary N) is 1. The van der Waals surface area contributed by atoms with Crippen molar-refractivity contribution in [3.05, 3.63) is 40.4 Å². The van der Waals surface area contributed by atoms with E-state index in [0.29, 0.717) is 26.2 Å². The SMILES string of the molecule is C=CC(=O)N1CCN2C(=O)c3c(N4CCN(C)C[C@@H]4C)nc(-c4nc(N)cc(C)c4C(F)(F)F)c(Cl)c3OCC2C1. The number of piperazine rings is 2. The predicted octanol–water partition coefficient (Wildman–Crippen LogP) is 3.08. The molecule has 2 N–H and O–H groups in total. The Bertz CT molecular complexity index is 1420. The number of fused-ring (bicyclic) bond motifs is 2. The number of nitrogen functional groups attached to an aromatic ring is 1. The van der Waals surface area contributed by atoms with E-state index in [2.05, 4.69) is 21.4 Å². The average molecular weight is 594 g/mol. The molecule has 0 bridgehead atoms. The molecule has 14 heteroatoms. The van der Waals surface area contributed by atoms with Crippen LogP contribution in [0.1, 0.15) is 28.4 Å². The lowest BCUT2D eigenvalue weighted by Gasteiger charge is -2.41. The Hall–Kier alpha value is -3.58. The van der Waals surface area contributed by atoms with Crippen LogP contribution in [0.3, 0.4) is 0 Å². The Labute approximate surface area is 240 Å². The number of nitrogens with zero attached hydrogens (tertiary/aromatic N) is 6. The summed E-state index contributed by atoms with van der Waals surface area (Å²) in [6, 6.07) is 0.496. The molecule has 2 saturated heterocycles. The van der Waals surface area contributed by atoms with Gasteiger partial charge in [0.05, 0.1) is 11.6 Å². The Balaban J connectivity index is 1.72. The van der Waals surface area contributed by atoms with Crippen molar-refractivity contribution in [1.29, 1.82) is 0 Å². The van der Waals surface area contributed by atoms with Crippen molar-refractivity contribution in [2.45, 2.75) is 32.1 Å². The van der Waals surface area contributed by atoms with Crippen LogP contribution in [0.15, 0.2) is 18.7 Å². The number of carbonyl (C=O) groups excluding carboxylic acids is 2. The van der Waals surface area contributed by atoms with Gasteiger partial charge in [-0.05, 0) is 38.6 Å². The van der Waals surface area contributed by atoms with Crippen LogP contribution < -0.4 is 15.4 Å². The van der Waals surface area contributed by atoms with Crippen LogP contribution in [0.5, 0.6) is 5.75 Å². The highest BCUT2D eigenvalue weighted by molar-refractivity contribution is 6.35. The number of alkyl halides is 3. The molecule has 2 aromatic heterocycles. The fourth-order valence-corrected chi connectivity index (χ4v) is 6.10. The molecule has 2 amide bonds. The second kappa shape index (κ2) is 10.7. The number of carbonyl (C=O) groups is 2. The van der Waals surface area contributed by atoms with Crippen LogP contribution >= 0.6 is 11.6 Å². The summed E-state index contributed by atoms with van der Waals surface area (Å²) >= 11 is 6.78. The zero-order valence-electron chi connectivity index (χ0n) is 23.0. The fourth-order valence-electron chi connectivity index (χ4n) is 5.82. The highest BCUT2D eigenvalue weighted by Crippen LogP contribution is 2.47. The number of hydrogen-bond acceptors (Lipinski definition) is 8.